The van der Waals surface area contributed by atoms with Gasteiger partial charge in [0.15, 0.2) is 0 Å². The second kappa shape index (κ2) is 57.7. The number of nitrogens with zero attached hydrogens (tertiary/aromatic N) is 9. The molecule has 0 unspecified atom stereocenters. The van der Waals surface area contributed by atoms with Gasteiger partial charge in [-0.1, -0.05) is 111 Å². The molecule has 0 aliphatic carbocycles. The first-order chi connectivity index (χ1) is 38.4. The molecule has 4 aromatic carbocycles. The molecule has 83 heavy (non-hydrogen) atoms. The number of benzene rings is 4. The molecular weight excluding hydrogens is 1340 g/mol. The summed E-state index contributed by atoms with van der Waals surface area (Å²) in [6.07, 6.45) is 11.8. The zero-order valence-electron chi connectivity index (χ0n) is 46.3. The molecule has 0 bridgehead atoms. The number of alkyl halides is 2. The molecule has 0 radical (unpaired) electrons. The third-order valence-electron chi connectivity index (χ3n) is 9.94. The van der Waals surface area contributed by atoms with Gasteiger partial charge in [0.1, 0.15) is 17.1 Å². The van der Waals surface area contributed by atoms with Crippen LogP contribution < -0.4 is 68.0 Å². The molecule has 4 amide bonds. The summed E-state index contributed by atoms with van der Waals surface area (Å²) in [5, 5.41) is 46.9. The Kier molecular flexibility index (Phi) is 59.5. The average Bonchev–Trinajstić information content (AvgIpc) is 3.49. The van der Waals surface area contributed by atoms with E-state index in [1.807, 2.05) is 12.1 Å². The topological polar surface area (TPSA) is 448 Å². The number of nitro groups is 3. The number of nitro benzene ring substituents is 3. The molecule has 27 nitrogen and oxygen atoms in total. The number of hydrogen-bond acceptors (Lipinski definition) is 15. The minimum Gasteiger partial charge on any atom is -0.397 e. The molecule has 0 aliphatic rings. The number of nitrogens with one attached hydrogen (secondary N) is 4. The van der Waals surface area contributed by atoms with Gasteiger partial charge in [-0.15, -0.1) is 0 Å². The molecule has 0 aromatic heterocycles. The summed E-state index contributed by atoms with van der Waals surface area (Å²) in [5.41, 5.74) is 39.7. The van der Waals surface area contributed by atoms with Gasteiger partial charge in [-0.2, -0.15) is 0 Å². The number of hydrogen-bond donors (Lipinski definition) is 7. The van der Waals surface area contributed by atoms with Crippen LogP contribution in [-0.2, 0) is 44.4 Å². The number of nitrogen functional groups attached to an aromatic ring is 1. The van der Waals surface area contributed by atoms with E-state index >= 15 is 0 Å². The SMILES string of the molecule is NCCCCCC(=O)Nc1ccccc1N.NCCCCCC(=O)Nc1ccccc1[N+](=O)[O-].O=C(CCCCCBr)Nc1ccccc1[N+](=O)[O-].O=C(Cl)CBr.[CH3-].[N-]=[N+]=NCCCCCC(=O)Nc1ccccc1[N+](=O)[O-].[N-]=[N+]=[N-].[Na+].[Pd]. The van der Waals surface area contributed by atoms with Crippen molar-refractivity contribution in [2.75, 3.05) is 57.3 Å². The van der Waals surface area contributed by atoms with E-state index in [9.17, 15) is 54.3 Å². The van der Waals surface area contributed by atoms with Crippen molar-refractivity contribution in [3.05, 3.63) is 161 Å². The quantitative estimate of drug-likeness (QED) is 0.00227. The zero-order chi connectivity index (χ0) is 60.4. The number of amides is 4. The summed E-state index contributed by atoms with van der Waals surface area (Å²) in [5.74, 6) is -0.641. The van der Waals surface area contributed by atoms with E-state index in [1.54, 1.807) is 48.5 Å². The first kappa shape index (κ1) is 85.7. The molecular formula is C51H71Br2ClN16NaO11Pd-. The Hall–Kier alpha value is -6.12. The van der Waals surface area contributed by atoms with Crippen LogP contribution in [0.1, 0.15) is 103 Å². The molecule has 4 rings (SSSR count). The largest absolute Gasteiger partial charge is 1.00 e. The monoisotopic (exact) mass is 1410 g/mol. The number of halogens is 3. The summed E-state index contributed by atoms with van der Waals surface area (Å²) in [4.78, 5) is 90.8. The van der Waals surface area contributed by atoms with Crippen molar-refractivity contribution in [2.45, 2.75) is 103 Å². The Morgan fingerprint density at radius 2 is 0.795 bits per heavy atom. The Labute approximate surface area is 540 Å². The van der Waals surface area contributed by atoms with E-state index in [0.717, 1.165) is 76.0 Å². The van der Waals surface area contributed by atoms with Gasteiger partial charge in [0, 0.05) is 81.1 Å². The van der Waals surface area contributed by atoms with Crippen LogP contribution in [0.4, 0.5) is 45.5 Å². The van der Waals surface area contributed by atoms with Crippen molar-refractivity contribution < 1.29 is 88.7 Å². The number of azide groups is 1. The van der Waals surface area contributed by atoms with E-state index in [2.05, 4.69) is 63.2 Å². The number of para-hydroxylation sites is 8. The fraction of sp³-hybridized carbons (Fsp3) is 0.412. The predicted octanol–water partition coefficient (Wildman–Crippen LogP) is 10.1. The van der Waals surface area contributed by atoms with Crippen LogP contribution in [0.15, 0.2) is 102 Å². The van der Waals surface area contributed by atoms with Crippen LogP contribution in [0.2, 0.25) is 0 Å². The number of carbonyl (C=O) groups excluding carboxylic acids is 5. The fourth-order valence-corrected chi connectivity index (χ4v) is 6.53. The minimum absolute atomic E-state index is 0. The smallest absolute Gasteiger partial charge is 0.397 e. The van der Waals surface area contributed by atoms with Crippen molar-refractivity contribution in [3.63, 3.8) is 0 Å². The number of carbonyl (C=O) groups is 5. The molecule has 0 saturated heterocycles. The van der Waals surface area contributed by atoms with Gasteiger partial charge >= 0.3 is 29.6 Å². The number of nitrogens with two attached hydrogens (primary N) is 3. The summed E-state index contributed by atoms with van der Waals surface area (Å²) >= 11 is 10.9. The van der Waals surface area contributed by atoms with Crippen molar-refractivity contribution >= 4 is 118 Å². The van der Waals surface area contributed by atoms with Crippen LogP contribution in [0.3, 0.4) is 0 Å². The second-order valence-corrected chi connectivity index (χ2v) is 17.9. The fourth-order valence-electron chi connectivity index (χ4n) is 6.14. The van der Waals surface area contributed by atoms with Crippen LogP contribution in [-0.4, -0.2) is 73.9 Å². The van der Waals surface area contributed by atoms with E-state index in [-0.39, 0.29) is 132 Å². The third kappa shape index (κ3) is 47.0. The summed E-state index contributed by atoms with van der Waals surface area (Å²) in [7, 11) is 0. The van der Waals surface area contributed by atoms with E-state index in [4.69, 9.17) is 45.4 Å². The van der Waals surface area contributed by atoms with Gasteiger partial charge < -0.3 is 57.0 Å². The Morgan fingerprint density at radius 3 is 1.07 bits per heavy atom. The van der Waals surface area contributed by atoms with Gasteiger partial charge in [-0.3, -0.25) is 59.2 Å². The maximum Gasteiger partial charge on any atom is 1.00 e. The number of unbranched alkanes of at least 4 members (excludes halogenated alkanes) is 8. The summed E-state index contributed by atoms with van der Waals surface area (Å²) < 4.78 is 0. The molecule has 4 aromatic rings. The third-order valence-corrected chi connectivity index (χ3v) is 11.5. The van der Waals surface area contributed by atoms with Gasteiger partial charge in [0.05, 0.1) is 31.5 Å². The Morgan fingerprint density at radius 1 is 0.518 bits per heavy atom. The van der Waals surface area contributed by atoms with Gasteiger partial charge in [-0.05, 0) is 112 Å². The predicted molar refractivity (Wildman–Crippen MR) is 326 cm³/mol. The van der Waals surface area contributed by atoms with E-state index in [1.165, 1.54) is 41.3 Å². The molecule has 0 atom stereocenters. The van der Waals surface area contributed by atoms with E-state index in [0.29, 0.717) is 56.7 Å². The molecule has 32 heteroatoms. The number of anilines is 5. The standard InChI is InChI=1S/C12H15BrN2O3.C12H15N5O3.C12H17N3O3.C12H19N3O.C2H2BrClO.CH3.N3.Na.Pd/c13-9-5-1-2-8-12(16)14-10-6-3-4-7-11(10)15(17)18;13-16-14-9-5-1-2-8-12(18)15-10-6-3-4-7-11(10)17(19)20;13-9-5-1-2-8-12(16)14-10-6-3-4-7-11(10)15(17)18;13-9-5-1-2-8-12(16)15-11-7-4-3-6-10(11)14;3-1-2(4)5;;1-3-2;;/h3-4,6-7H,1-2,5,8-9H2,(H,14,16);3-4,6-7H,1-2,5,8-9H2,(H,15,18);3-4,6-7H,1-2,5,8-9,13H2,(H,14,16);3-4,6-7H,1-2,5,8-9,13-14H2,(H,15,16);1H2;1H3;;;/q;;;;;2*-1;+1;. The van der Waals surface area contributed by atoms with Gasteiger partial charge in [0.2, 0.25) is 28.9 Å². The van der Waals surface area contributed by atoms with Crippen LogP contribution in [0.25, 0.3) is 26.4 Å². The van der Waals surface area contributed by atoms with Crippen molar-refractivity contribution in [2.24, 2.45) is 16.6 Å². The van der Waals surface area contributed by atoms with Crippen molar-refractivity contribution in [1.29, 1.82) is 0 Å². The maximum absolute atomic E-state index is 11.7. The molecule has 0 aliphatic heterocycles. The summed E-state index contributed by atoms with van der Waals surface area (Å²) in [6, 6.07) is 25.5. The summed E-state index contributed by atoms with van der Waals surface area (Å²) in [6.45, 7) is 1.72. The molecule has 0 saturated carbocycles. The average molecular weight is 1410 g/mol. The molecule has 10 N–H and O–H groups in total. The van der Waals surface area contributed by atoms with Gasteiger partial charge in [-0.25, -0.2) is 0 Å². The maximum atomic E-state index is 11.7. The Balaban J connectivity index is -0.000000308. The zero-order valence-corrected chi connectivity index (χ0v) is 53.8. The minimum atomic E-state index is -0.532. The molecule has 454 valence electrons. The van der Waals surface area contributed by atoms with Crippen LogP contribution in [0.5, 0.6) is 0 Å². The van der Waals surface area contributed by atoms with E-state index < -0.39 is 14.8 Å². The van der Waals surface area contributed by atoms with Crippen molar-refractivity contribution in [3.8, 4) is 0 Å². The second-order valence-electron chi connectivity index (χ2n) is 16.1. The van der Waals surface area contributed by atoms with Crippen LogP contribution in [0, 0.1) is 37.8 Å². The molecule has 0 spiro atoms. The normalized spacial score (nSPS) is 9.17. The van der Waals surface area contributed by atoms with Gasteiger partial charge in [0.25, 0.3) is 17.1 Å². The van der Waals surface area contributed by atoms with Crippen molar-refractivity contribution in [1.82, 2.24) is 0 Å². The molecule has 0 fully saturated rings. The first-order valence-corrected chi connectivity index (χ1v) is 27.4. The Bertz CT molecular complexity index is 2530. The first-order valence-electron chi connectivity index (χ1n) is 24.8. The molecule has 0 heterocycles. The van der Waals surface area contributed by atoms with Crippen LogP contribution >= 0.6 is 43.5 Å². The number of rotatable bonds is 29.